The van der Waals surface area contributed by atoms with Crippen molar-refractivity contribution in [1.82, 2.24) is 5.32 Å². The topological polar surface area (TPSA) is 64.3 Å². The lowest BCUT2D eigenvalue weighted by Gasteiger charge is -2.11. The zero-order valence-electron chi connectivity index (χ0n) is 11.3. The first-order valence-corrected chi connectivity index (χ1v) is 6.83. The summed E-state index contributed by atoms with van der Waals surface area (Å²) < 4.78 is 5.40. The minimum absolute atomic E-state index is 0.0352. The molecule has 17 heavy (non-hydrogen) atoms. The van der Waals surface area contributed by atoms with Crippen LogP contribution in [0.15, 0.2) is 0 Å². The third kappa shape index (κ3) is 10.3. The second-order valence-electron chi connectivity index (χ2n) is 4.36. The van der Waals surface area contributed by atoms with Gasteiger partial charge in [0.15, 0.2) is 0 Å². The molecule has 0 aliphatic carbocycles. The number of nitrogens with one attached hydrogen (secondary N) is 1. The molecule has 0 unspecified atom stereocenters. The second kappa shape index (κ2) is 11.9. The highest BCUT2D eigenvalue weighted by Gasteiger charge is 2.11. The summed E-state index contributed by atoms with van der Waals surface area (Å²) in [7, 11) is 0. The molecule has 3 N–H and O–H groups in total. The van der Waals surface area contributed by atoms with Crippen LogP contribution in [0.3, 0.4) is 0 Å². The Balaban J connectivity index is 3.32. The van der Waals surface area contributed by atoms with Crippen molar-refractivity contribution in [2.75, 3.05) is 19.8 Å². The molecule has 0 aliphatic heterocycles. The molecule has 0 aromatic heterocycles. The van der Waals surface area contributed by atoms with Crippen molar-refractivity contribution >= 4 is 5.91 Å². The third-order valence-electron chi connectivity index (χ3n) is 2.61. The summed E-state index contributed by atoms with van der Waals surface area (Å²) in [5.41, 5.74) is 5.74. The van der Waals surface area contributed by atoms with Crippen LogP contribution in [0.25, 0.3) is 0 Å². The van der Waals surface area contributed by atoms with E-state index in [4.69, 9.17) is 10.5 Å². The van der Waals surface area contributed by atoms with Crippen molar-refractivity contribution in [3.8, 4) is 0 Å². The van der Waals surface area contributed by atoms with Crippen LogP contribution in [0.1, 0.15) is 52.4 Å². The minimum atomic E-state index is -0.351. The number of carbonyl (C=O) groups excluding carboxylic acids is 1. The number of carbonyl (C=O) groups is 1. The number of amides is 1. The van der Waals surface area contributed by atoms with Crippen LogP contribution in [0.4, 0.5) is 0 Å². The van der Waals surface area contributed by atoms with Crippen LogP contribution in [-0.4, -0.2) is 31.7 Å². The molecule has 0 saturated carbocycles. The van der Waals surface area contributed by atoms with Gasteiger partial charge in [-0.2, -0.15) is 0 Å². The molecule has 0 bridgehead atoms. The van der Waals surface area contributed by atoms with Gasteiger partial charge in [0.1, 0.15) is 0 Å². The fraction of sp³-hybridized carbons (Fsp3) is 0.923. The van der Waals surface area contributed by atoms with Crippen molar-refractivity contribution in [3.63, 3.8) is 0 Å². The molecule has 102 valence electrons. The summed E-state index contributed by atoms with van der Waals surface area (Å²) in [4.78, 5) is 11.5. The Morgan fingerprint density at radius 1 is 1.18 bits per heavy atom. The van der Waals surface area contributed by atoms with E-state index in [2.05, 4.69) is 19.2 Å². The molecular weight excluding hydrogens is 216 g/mol. The fourth-order valence-corrected chi connectivity index (χ4v) is 1.42. The predicted octanol–water partition coefficient (Wildman–Crippen LogP) is 1.83. The molecule has 1 amide bonds. The molecule has 0 aromatic rings. The summed E-state index contributed by atoms with van der Waals surface area (Å²) in [6.45, 7) is 6.43. The fourth-order valence-electron chi connectivity index (χ4n) is 1.42. The largest absolute Gasteiger partial charge is 0.381 e. The van der Waals surface area contributed by atoms with Gasteiger partial charge in [-0.15, -0.1) is 0 Å². The second-order valence-corrected chi connectivity index (χ2v) is 4.36. The van der Waals surface area contributed by atoms with E-state index < -0.39 is 0 Å². The van der Waals surface area contributed by atoms with Crippen molar-refractivity contribution in [3.05, 3.63) is 0 Å². The van der Waals surface area contributed by atoms with Crippen molar-refractivity contribution in [2.45, 2.75) is 58.4 Å². The van der Waals surface area contributed by atoms with E-state index >= 15 is 0 Å². The zero-order valence-corrected chi connectivity index (χ0v) is 11.3. The molecule has 0 saturated heterocycles. The number of rotatable bonds is 11. The predicted molar refractivity (Wildman–Crippen MR) is 70.9 cm³/mol. The van der Waals surface area contributed by atoms with Crippen molar-refractivity contribution < 1.29 is 9.53 Å². The van der Waals surface area contributed by atoms with E-state index in [0.29, 0.717) is 13.2 Å². The SMILES string of the molecule is CCCCOCCCNC(=O)[C@@H](N)CCCC. The molecule has 0 spiro atoms. The lowest BCUT2D eigenvalue weighted by atomic mass is 10.1. The summed E-state index contributed by atoms with van der Waals surface area (Å²) in [6.07, 6.45) is 5.98. The summed E-state index contributed by atoms with van der Waals surface area (Å²) >= 11 is 0. The van der Waals surface area contributed by atoms with E-state index in [1.54, 1.807) is 0 Å². The van der Waals surface area contributed by atoms with Crippen molar-refractivity contribution in [2.24, 2.45) is 5.73 Å². The Morgan fingerprint density at radius 2 is 1.82 bits per heavy atom. The zero-order chi connectivity index (χ0) is 12.9. The van der Waals surface area contributed by atoms with Gasteiger partial charge in [-0.1, -0.05) is 33.1 Å². The molecule has 0 aromatic carbocycles. The molecule has 4 nitrogen and oxygen atoms in total. The highest BCUT2D eigenvalue weighted by Crippen LogP contribution is 1.98. The first-order valence-electron chi connectivity index (χ1n) is 6.83. The monoisotopic (exact) mass is 244 g/mol. The molecule has 0 radical (unpaired) electrons. The number of ether oxygens (including phenoxy) is 1. The van der Waals surface area contributed by atoms with Crippen LogP contribution < -0.4 is 11.1 Å². The number of hydrogen-bond donors (Lipinski definition) is 2. The van der Waals surface area contributed by atoms with Crippen LogP contribution >= 0.6 is 0 Å². The van der Waals surface area contributed by atoms with E-state index in [-0.39, 0.29) is 11.9 Å². The van der Waals surface area contributed by atoms with Gasteiger partial charge in [-0.05, 0) is 19.3 Å². The lowest BCUT2D eigenvalue weighted by Crippen LogP contribution is -2.41. The highest BCUT2D eigenvalue weighted by molar-refractivity contribution is 5.81. The van der Waals surface area contributed by atoms with Crippen LogP contribution in [-0.2, 0) is 9.53 Å². The maximum Gasteiger partial charge on any atom is 0.236 e. The van der Waals surface area contributed by atoms with Gasteiger partial charge in [-0.3, -0.25) is 4.79 Å². The van der Waals surface area contributed by atoms with Gasteiger partial charge >= 0.3 is 0 Å². The van der Waals surface area contributed by atoms with Gasteiger partial charge in [-0.25, -0.2) is 0 Å². The average Bonchev–Trinajstić information content (AvgIpc) is 2.34. The lowest BCUT2D eigenvalue weighted by molar-refractivity contribution is -0.122. The summed E-state index contributed by atoms with van der Waals surface area (Å²) in [5, 5.41) is 2.84. The van der Waals surface area contributed by atoms with Crippen LogP contribution in [0.2, 0.25) is 0 Å². The number of unbranched alkanes of at least 4 members (excludes halogenated alkanes) is 2. The minimum Gasteiger partial charge on any atom is -0.381 e. The Bertz CT molecular complexity index is 186. The molecule has 4 heteroatoms. The Morgan fingerprint density at radius 3 is 2.47 bits per heavy atom. The van der Waals surface area contributed by atoms with Crippen LogP contribution in [0, 0.1) is 0 Å². The molecule has 0 fully saturated rings. The summed E-state index contributed by atoms with van der Waals surface area (Å²) in [5.74, 6) is -0.0352. The van der Waals surface area contributed by atoms with Gasteiger partial charge in [0.25, 0.3) is 0 Å². The molecule has 0 aliphatic rings. The van der Waals surface area contributed by atoms with Gasteiger partial charge in [0.2, 0.25) is 5.91 Å². The van der Waals surface area contributed by atoms with Crippen LogP contribution in [0.5, 0.6) is 0 Å². The van der Waals surface area contributed by atoms with Gasteiger partial charge in [0, 0.05) is 19.8 Å². The Kier molecular flexibility index (Phi) is 11.4. The first-order chi connectivity index (χ1) is 8.22. The van der Waals surface area contributed by atoms with E-state index in [1.165, 1.54) is 0 Å². The summed E-state index contributed by atoms with van der Waals surface area (Å²) in [6, 6.07) is -0.351. The highest BCUT2D eigenvalue weighted by atomic mass is 16.5. The average molecular weight is 244 g/mol. The quantitative estimate of drug-likeness (QED) is 0.545. The van der Waals surface area contributed by atoms with E-state index in [9.17, 15) is 4.79 Å². The number of hydrogen-bond acceptors (Lipinski definition) is 3. The maximum atomic E-state index is 11.5. The van der Waals surface area contributed by atoms with Gasteiger partial charge < -0.3 is 15.8 Å². The molecule has 0 rings (SSSR count). The normalized spacial score (nSPS) is 12.4. The third-order valence-corrected chi connectivity index (χ3v) is 2.61. The van der Waals surface area contributed by atoms with E-state index in [1.807, 2.05) is 0 Å². The smallest absolute Gasteiger partial charge is 0.236 e. The standard InChI is InChI=1S/C13H28N2O2/c1-3-5-8-12(14)13(16)15-9-7-11-17-10-6-4-2/h12H,3-11,14H2,1-2H3,(H,15,16)/t12-/m0/s1. The Hall–Kier alpha value is -0.610. The van der Waals surface area contributed by atoms with Crippen molar-refractivity contribution in [1.29, 1.82) is 0 Å². The number of nitrogens with two attached hydrogens (primary N) is 1. The molecular formula is C13H28N2O2. The van der Waals surface area contributed by atoms with E-state index in [0.717, 1.165) is 45.1 Å². The first kappa shape index (κ1) is 16.4. The Labute approximate surface area is 105 Å². The maximum absolute atomic E-state index is 11.5. The molecule has 0 heterocycles. The van der Waals surface area contributed by atoms with Gasteiger partial charge in [0.05, 0.1) is 6.04 Å². The molecule has 1 atom stereocenters.